The lowest BCUT2D eigenvalue weighted by Gasteiger charge is -2.19. The van der Waals surface area contributed by atoms with Crippen LogP contribution in [0.5, 0.6) is 0 Å². The zero-order valence-corrected chi connectivity index (χ0v) is 11.6. The molecule has 0 saturated carbocycles. The van der Waals surface area contributed by atoms with Crippen molar-refractivity contribution in [1.29, 1.82) is 0 Å². The molecule has 102 valence electrons. The third-order valence-electron chi connectivity index (χ3n) is 3.12. The lowest BCUT2D eigenvalue weighted by atomic mass is 10.1. The summed E-state index contributed by atoms with van der Waals surface area (Å²) in [4.78, 5) is 12.6. The van der Waals surface area contributed by atoms with E-state index in [4.69, 9.17) is 5.11 Å². The van der Waals surface area contributed by atoms with E-state index in [-0.39, 0.29) is 0 Å². The van der Waals surface area contributed by atoms with E-state index in [2.05, 4.69) is 36.1 Å². The van der Waals surface area contributed by atoms with E-state index < -0.39 is 5.97 Å². The summed E-state index contributed by atoms with van der Waals surface area (Å²) in [6, 6.07) is 16.1. The lowest BCUT2D eigenvalue weighted by Crippen LogP contribution is -2.08. The van der Waals surface area contributed by atoms with Gasteiger partial charge in [0.2, 0.25) is 0 Å². The first-order chi connectivity index (χ1) is 9.56. The minimum absolute atomic E-state index is 0.869. The normalized spacial score (nSPS) is 10.7. The molecule has 0 aliphatic rings. The molecule has 2 aromatic carbocycles. The highest BCUT2D eigenvalue weighted by Crippen LogP contribution is 2.24. The molecule has 0 aliphatic carbocycles. The number of anilines is 2. The monoisotopic (exact) mass is 267 g/mol. The summed E-state index contributed by atoms with van der Waals surface area (Å²) in [5.41, 5.74) is 4.27. The van der Waals surface area contributed by atoms with Crippen molar-refractivity contribution in [2.45, 2.75) is 6.92 Å². The smallest absolute Gasteiger partial charge is 0.328 e. The predicted octanol–water partition coefficient (Wildman–Crippen LogP) is 3.86. The van der Waals surface area contributed by atoms with Crippen molar-refractivity contribution in [3.8, 4) is 0 Å². The molecular formula is C17H17NO2. The highest BCUT2D eigenvalue weighted by molar-refractivity contribution is 5.85. The van der Waals surface area contributed by atoms with Gasteiger partial charge in [0.05, 0.1) is 0 Å². The topological polar surface area (TPSA) is 40.5 Å². The summed E-state index contributed by atoms with van der Waals surface area (Å²) < 4.78 is 0. The number of aliphatic carboxylic acids is 1. The molecule has 0 unspecified atom stereocenters. The van der Waals surface area contributed by atoms with E-state index in [1.807, 2.05) is 31.3 Å². The van der Waals surface area contributed by atoms with Crippen LogP contribution in [0.25, 0.3) is 6.08 Å². The quantitative estimate of drug-likeness (QED) is 0.855. The first-order valence-electron chi connectivity index (χ1n) is 6.38. The van der Waals surface area contributed by atoms with E-state index in [0.29, 0.717) is 0 Å². The predicted molar refractivity (Wildman–Crippen MR) is 82.4 cm³/mol. The zero-order valence-electron chi connectivity index (χ0n) is 11.6. The second-order valence-corrected chi connectivity index (χ2v) is 4.66. The molecule has 3 heteroatoms. The van der Waals surface area contributed by atoms with E-state index in [1.165, 1.54) is 5.56 Å². The van der Waals surface area contributed by atoms with Gasteiger partial charge in [0, 0.05) is 24.5 Å². The number of carboxylic acid groups (broad SMARTS) is 1. The number of hydrogen-bond acceptors (Lipinski definition) is 2. The van der Waals surface area contributed by atoms with Crippen LogP contribution in [0.4, 0.5) is 11.4 Å². The Morgan fingerprint density at radius 1 is 1.00 bits per heavy atom. The molecule has 0 fully saturated rings. The van der Waals surface area contributed by atoms with Gasteiger partial charge in [0.25, 0.3) is 0 Å². The molecule has 0 bridgehead atoms. The van der Waals surface area contributed by atoms with Crippen molar-refractivity contribution < 1.29 is 9.90 Å². The molecule has 0 aromatic heterocycles. The Bertz CT molecular complexity index is 612. The van der Waals surface area contributed by atoms with Crippen molar-refractivity contribution in [3.05, 3.63) is 65.7 Å². The molecule has 0 spiro atoms. The molecule has 1 N–H and O–H groups in total. The van der Waals surface area contributed by atoms with Gasteiger partial charge < -0.3 is 10.0 Å². The van der Waals surface area contributed by atoms with Gasteiger partial charge in [0.1, 0.15) is 0 Å². The number of nitrogens with zero attached hydrogens (tertiary/aromatic N) is 1. The Labute approximate surface area is 118 Å². The molecule has 2 aromatic rings. The Morgan fingerprint density at radius 3 is 2.00 bits per heavy atom. The second kappa shape index (κ2) is 6.06. The number of rotatable bonds is 4. The van der Waals surface area contributed by atoms with Crippen molar-refractivity contribution in [2.75, 3.05) is 11.9 Å². The van der Waals surface area contributed by atoms with Crippen molar-refractivity contribution in [2.24, 2.45) is 0 Å². The third-order valence-corrected chi connectivity index (χ3v) is 3.12. The van der Waals surface area contributed by atoms with Gasteiger partial charge in [-0.3, -0.25) is 0 Å². The van der Waals surface area contributed by atoms with Gasteiger partial charge in [0.15, 0.2) is 0 Å². The minimum atomic E-state index is -0.939. The molecule has 0 saturated heterocycles. The number of aryl methyl sites for hydroxylation is 1. The molecule has 20 heavy (non-hydrogen) atoms. The van der Waals surface area contributed by atoms with Crippen LogP contribution in [0.1, 0.15) is 11.1 Å². The molecule has 0 amide bonds. The second-order valence-electron chi connectivity index (χ2n) is 4.66. The third kappa shape index (κ3) is 3.48. The number of carbonyl (C=O) groups is 1. The van der Waals surface area contributed by atoms with E-state index >= 15 is 0 Å². The summed E-state index contributed by atoms with van der Waals surface area (Å²) in [6.45, 7) is 2.06. The van der Waals surface area contributed by atoms with Crippen molar-refractivity contribution in [3.63, 3.8) is 0 Å². The van der Waals surface area contributed by atoms with Crippen LogP contribution in [0, 0.1) is 6.92 Å². The number of carboxylic acids is 1. The standard InChI is InChI=1S/C17H17NO2/c1-13-3-8-15(9-4-13)18(2)16-10-5-14(6-11-16)7-12-17(19)20/h3-12H,1-2H3,(H,19,20). The first kappa shape index (κ1) is 13.9. The molecule has 0 radical (unpaired) electrons. The molecule has 3 nitrogen and oxygen atoms in total. The highest BCUT2D eigenvalue weighted by Gasteiger charge is 2.03. The average Bonchev–Trinajstić information content (AvgIpc) is 2.46. The SMILES string of the molecule is Cc1ccc(N(C)c2ccc(C=CC(=O)O)cc2)cc1. The summed E-state index contributed by atoms with van der Waals surface area (Å²) in [6.07, 6.45) is 2.72. The maximum Gasteiger partial charge on any atom is 0.328 e. The van der Waals surface area contributed by atoms with Gasteiger partial charge in [-0.15, -0.1) is 0 Å². The van der Waals surface area contributed by atoms with Gasteiger partial charge in [-0.05, 0) is 42.8 Å². The Kier molecular flexibility index (Phi) is 4.20. The largest absolute Gasteiger partial charge is 0.478 e. The molecule has 0 heterocycles. The van der Waals surface area contributed by atoms with Crippen LogP contribution in [0.2, 0.25) is 0 Å². The summed E-state index contributed by atoms with van der Waals surface area (Å²) in [5.74, 6) is -0.939. The summed E-state index contributed by atoms with van der Waals surface area (Å²) >= 11 is 0. The van der Waals surface area contributed by atoms with Crippen LogP contribution >= 0.6 is 0 Å². The maximum absolute atomic E-state index is 10.5. The number of hydrogen-bond donors (Lipinski definition) is 1. The van der Waals surface area contributed by atoms with Crippen LogP contribution in [0.3, 0.4) is 0 Å². The van der Waals surface area contributed by atoms with Crippen LogP contribution < -0.4 is 4.90 Å². The highest BCUT2D eigenvalue weighted by atomic mass is 16.4. The lowest BCUT2D eigenvalue weighted by molar-refractivity contribution is -0.131. The maximum atomic E-state index is 10.5. The van der Waals surface area contributed by atoms with Gasteiger partial charge >= 0.3 is 5.97 Å². The Morgan fingerprint density at radius 2 is 1.50 bits per heavy atom. The average molecular weight is 267 g/mol. The molecule has 0 atom stereocenters. The van der Waals surface area contributed by atoms with Crippen LogP contribution in [-0.4, -0.2) is 18.1 Å². The molecule has 2 rings (SSSR count). The fraction of sp³-hybridized carbons (Fsp3) is 0.118. The van der Waals surface area contributed by atoms with Gasteiger partial charge in [-0.1, -0.05) is 29.8 Å². The molecular weight excluding hydrogens is 250 g/mol. The fourth-order valence-corrected chi connectivity index (χ4v) is 1.89. The van der Waals surface area contributed by atoms with Crippen molar-refractivity contribution >= 4 is 23.4 Å². The van der Waals surface area contributed by atoms with Gasteiger partial charge in [-0.25, -0.2) is 4.79 Å². The van der Waals surface area contributed by atoms with Gasteiger partial charge in [-0.2, -0.15) is 0 Å². The number of benzene rings is 2. The fourth-order valence-electron chi connectivity index (χ4n) is 1.89. The van der Waals surface area contributed by atoms with E-state index in [0.717, 1.165) is 23.0 Å². The summed E-state index contributed by atoms with van der Waals surface area (Å²) in [7, 11) is 2.01. The first-order valence-corrected chi connectivity index (χ1v) is 6.38. The van der Waals surface area contributed by atoms with E-state index in [9.17, 15) is 4.79 Å². The minimum Gasteiger partial charge on any atom is -0.478 e. The Hall–Kier alpha value is -2.55. The zero-order chi connectivity index (χ0) is 14.5. The van der Waals surface area contributed by atoms with E-state index in [1.54, 1.807) is 6.08 Å². The Balaban J connectivity index is 2.17. The van der Waals surface area contributed by atoms with Crippen LogP contribution in [-0.2, 0) is 4.79 Å². The summed E-state index contributed by atoms with van der Waals surface area (Å²) in [5, 5.41) is 8.59. The molecule has 0 aliphatic heterocycles. The van der Waals surface area contributed by atoms with Crippen LogP contribution in [0.15, 0.2) is 54.6 Å². The van der Waals surface area contributed by atoms with Crippen molar-refractivity contribution in [1.82, 2.24) is 0 Å².